The number of nitrogens with one attached hydrogen (secondary N) is 1. The molecule has 0 aromatic heterocycles. The first-order chi connectivity index (χ1) is 17.5. The molecule has 188 valence electrons. The van der Waals surface area contributed by atoms with Gasteiger partial charge in [0, 0.05) is 33.9 Å². The molecule has 0 bridgehead atoms. The Hall–Kier alpha value is -2.47. The van der Waals surface area contributed by atoms with E-state index in [1.807, 2.05) is 78.9 Å². The quantitative estimate of drug-likeness (QED) is 0.288. The first-order valence-corrected chi connectivity index (χ1v) is 14.0. The van der Waals surface area contributed by atoms with Crippen LogP contribution in [0.2, 0.25) is 10.0 Å². The van der Waals surface area contributed by atoms with E-state index in [-0.39, 0.29) is 23.6 Å². The van der Waals surface area contributed by atoms with Gasteiger partial charge in [-0.3, -0.25) is 9.59 Å². The zero-order valence-corrected chi connectivity index (χ0v) is 22.4. The number of carbonyl (C=O) groups is 2. The molecule has 0 aliphatic heterocycles. The van der Waals surface area contributed by atoms with Crippen LogP contribution in [0.1, 0.15) is 36.8 Å². The molecule has 3 aromatic rings. The number of halogens is 2. The number of carbonyl (C=O) groups excluding carboxylic acids is 2. The minimum absolute atomic E-state index is 0.0904. The second-order valence-corrected chi connectivity index (χ2v) is 11.0. The van der Waals surface area contributed by atoms with Crippen LogP contribution in [0.4, 0.5) is 0 Å². The Labute approximate surface area is 227 Å². The average molecular weight is 542 g/mol. The molecular formula is C29H30Cl2N2O2S. The van der Waals surface area contributed by atoms with E-state index in [2.05, 4.69) is 5.32 Å². The molecule has 1 aliphatic carbocycles. The van der Waals surface area contributed by atoms with Gasteiger partial charge in [-0.1, -0.05) is 78.5 Å². The summed E-state index contributed by atoms with van der Waals surface area (Å²) in [5.74, 6) is 0.0361. The summed E-state index contributed by atoms with van der Waals surface area (Å²) in [7, 11) is 0. The van der Waals surface area contributed by atoms with Crippen LogP contribution in [0.5, 0.6) is 0 Å². The van der Waals surface area contributed by atoms with Gasteiger partial charge in [0.15, 0.2) is 0 Å². The lowest BCUT2D eigenvalue weighted by atomic mass is 10.0. The fraction of sp³-hybridized carbons (Fsp3) is 0.310. The summed E-state index contributed by atoms with van der Waals surface area (Å²) >= 11 is 13.6. The Morgan fingerprint density at radius 3 is 2.11 bits per heavy atom. The van der Waals surface area contributed by atoms with Crippen molar-refractivity contribution in [2.75, 3.05) is 5.75 Å². The van der Waals surface area contributed by atoms with Crippen molar-refractivity contribution in [2.24, 2.45) is 0 Å². The van der Waals surface area contributed by atoms with Crippen molar-refractivity contribution >= 4 is 46.8 Å². The van der Waals surface area contributed by atoms with Gasteiger partial charge in [-0.05, 0) is 60.4 Å². The fourth-order valence-corrected chi connectivity index (χ4v) is 5.50. The average Bonchev–Trinajstić information content (AvgIpc) is 3.40. The molecule has 1 unspecified atom stereocenters. The molecule has 3 aromatic carbocycles. The number of rotatable bonds is 10. The van der Waals surface area contributed by atoms with E-state index in [1.54, 1.807) is 4.90 Å². The van der Waals surface area contributed by atoms with E-state index in [0.717, 1.165) is 41.7 Å². The van der Waals surface area contributed by atoms with Crippen molar-refractivity contribution in [3.63, 3.8) is 0 Å². The van der Waals surface area contributed by atoms with Crippen molar-refractivity contribution in [1.29, 1.82) is 0 Å². The Kier molecular flexibility index (Phi) is 9.74. The van der Waals surface area contributed by atoms with E-state index >= 15 is 0 Å². The maximum Gasteiger partial charge on any atom is 0.243 e. The first-order valence-electron chi connectivity index (χ1n) is 12.2. The lowest BCUT2D eigenvalue weighted by molar-refractivity contribution is -0.139. The Bertz CT molecular complexity index is 1130. The van der Waals surface area contributed by atoms with Crippen molar-refractivity contribution in [3.05, 3.63) is 100 Å². The fourth-order valence-electron chi connectivity index (χ4n) is 4.47. The van der Waals surface area contributed by atoms with Crippen LogP contribution >= 0.6 is 35.0 Å². The maximum absolute atomic E-state index is 13.7. The van der Waals surface area contributed by atoms with Gasteiger partial charge in [0.1, 0.15) is 6.04 Å². The summed E-state index contributed by atoms with van der Waals surface area (Å²) in [5, 5.41) is 4.52. The third kappa shape index (κ3) is 7.76. The molecule has 0 spiro atoms. The topological polar surface area (TPSA) is 49.4 Å². The highest BCUT2D eigenvalue weighted by molar-refractivity contribution is 8.00. The smallest absolute Gasteiger partial charge is 0.243 e. The van der Waals surface area contributed by atoms with Crippen LogP contribution in [0.15, 0.2) is 83.8 Å². The minimum Gasteiger partial charge on any atom is -0.352 e. The molecule has 36 heavy (non-hydrogen) atoms. The predicted octanol–water partition coefficient (Wildman–Crippen LogP) is 6.78. The van der Waals surface area contributed by atoms with E-state index in [4.69, 9.17) is 23.2 Å². The van der Waals surface area contributed by atoms with Crippen LogP contribution in [0.3, 0.4) is 0 Å². The summed E-state index contributed by atoms with van der Waals surface area (Å²) in [6.07, 6.45) is 4.67. The van der Waals surface area contributed by atoms with E-state index < -0.39 is 6.04 Å². The maximum atomic E-state index is 13.7. The summed E-state index contributed by atoms with van der Waals surface area (Å²) in [5.41, 5.74) is 1.94. The van der Waals surface area contributed by atoms with Gasteiger partial charge in [-0.15, -0.1) is 11.8 Å². The zero-order chi connectivity index (χ0) is 25.3. The summed E-state index contributed by atoms with van der Waals surface area (Å²) < 4.78 is 0. The van der Waals surface area contributed by atoms with Gasteiger partial charge in [-0.2, -0.15) is 0 Å². The van der Waals surface area contributed by atoms with Gasteiger partial charge in [0.2, 0.25) is 11.8 Å². The highest BCUT2D eigenvalue weighted by atomic mass is 35.5. The van der Waals surface area contributed by atoms with E-state index in [0.29, 0.717) is 23.0 Å². The van der Waals surface area contributed by atoms with Crippen LogP contribution in [-0.2, 0) is 22.6 Å². The normalized spacial score (nSPS) is 14.4. The molecule has 1 aliphatic rings. The molecule has 4 nitrogen and oxygen atoms in total. The summed E-state index contributed by atoms with van der Waals surface area (Å²) in [4.78, 5) is 30.0. The lowest BCUT2D eigenvalue weighted by Crippen LogP contribution is -2.52. The molecule has 4 rings (SSSR count). The van der Waals surface area contributed by atoms with E-state index in [9.17, 15) is 9.59 Å². The standard InChI is InChI=1S/C29H30Cl2N2O2S/c30-23-12-10-22(11-13-23)19-33(28(34)20-36-26-16-14-24(31)15-17-26)27(18-21-6-2-1-3-7-21)29(35)32-25-8-4-5-9-25/h1-3,6-7,10-17,25,27H,4-5,8-9,18-20H2,(H,32,35). The molecule has 2 amide bonds. The van der Waals surface area contributed by atoms with Crippen LogP contribution in [-0.4, -0.2) is 34.6 Å². The van der Waals surface area contributed by atoms with Crippen LogP contribution in [0, 0.1) is 0 Å². The minimum atomic E-state index is -0.623. The second-order valence-electron chi connectivity index (χ2n) is 9.09. The molecule has 1 N–H and O–H groups in total. The molecule has 1 fully saturated rings. The molecule has 0 saturated heterocycles. The molecule has 1 saturated carbocycles. The molecular weight excluding hydrogens is 511 g/mol. The van der Waals surface area contributed by atoms with Crippen molar-refractivity contribution in [3.8, 4) is 0 Å². The molecule has 1 atom stereocenters. The summed E-state index contributed by atoms with van der Waals surface area (Å²) in [6.45, 7) is 0.326. The largest absolute Gasteiger partial charge is 0.352 e. The Balaban J connectivity index is 1.59. The first kappa shape index (κ1) is 26.6. The third-order valence-electron chi connectivity index (χ3n) is 6.41. The number of hydrogen-bond donors (Lipinski definition) is 1. The number of benzene rings is 3. The number of hydrogen-bond acceptors (Lipinski definition) is 3. The Morgan fingerprint density at radius 2 is 1.47 bits per heavy atom. The van der Waals surface area contributed by atoms with Crippen LogP contribution < -0.4 is 5.32 Å². The number of amides is 2. The summed E-state index contributed by atoms with van der Waals surface area (Å²) in [6, 6.07) is 24.3. The van der Waals surface area contributed by atoms with Crippen molar-refractivity contribution in [2.45, 2.75) is 55.6 Å². The number of nitrogens with zero attached hydrogens (tertiary/aromatic N) is 1. The van der Waals surface area contributed by atoms with Gasteiger partial charge >= 0.3 is 0 Å². The second kappa shape index (κ2) is 13.2. The van der Waals surface area contributed by atoms with Crippen LogP contribution in [0.25, 0.3) is 0 Å². The van der Waals surface area contributed by atoms with Gasteiger partial charge in [-0.25, -0.2) is 0 Å². The zero-order valence-electron chi connectivity index (χ0n) is 20.0. The van der Waals surface area contributed by atoms with Crippen molar-refractivity contribution in [1.82, 2.24) is 10.2 Å². The third-order valence-corrected chi connectivity index (χ3v) is 7.92. The van der Waals surface area contributed by atoms with Gasteiger partial charge in [0.25, 0.3) is 0 Å². The Morgan fingerprint density at radius 1 is 0.861 bits per heavy atom. The van der Waals surface area contributed by atoms with E-state index in [1.165, 1.54) is 11.8 Å². The molecule has 0 radical (unpaired) electrons. The monoisotopic (exact) mass is 540 g/mol. The molecule has 0 heterocycles. The lowest BCUT2D eigenvalue weighted by Gasteiger charge is -2.32. The predicted molar refractivity (Wildman–Crippen MR) is 149 cm³/mol. The van der Waals surface area contributed by atoms with Gasteiger partial charge < -0.3 is 10.2 Å². The molecule has 7 heteroatoms. The SMILES string of the molecule is O=C(NC1CCCC1)C(Cc1ccccc1)N(Cc1ccc(Cl)cc1)C(=O)CSc1ccc(Cl)cc1. The number of thioether (sulfide) groups is 1. The highest BCUT2D eigenvalue weighted by Gasteiger charge is 2.32. The van der Waals surface area contributed by atoms with Gasteiger partial charge in [0.05, 0.1) is 5.75 Å². The highest BCUT2D eigenvalue weighted by Crippen LogP contribution is 2.24. The van der Waals surface area contributed by atoms with Crippen molar-refractivity contribution < 1.29 is 9.59 Å².